The fourth-order valence-corrected chi connectivity index (χ4v) is 4.07. The van der Waals surface area contributed by atoms with E-state index in [0.29, 0.717) is 11.4 Å². The van der Waals surface area contributed by atoms with E-state index in [0.717, 1.165) is 0 Å². The van der Waals surface area contributed by atoms with E-state index in [-0.39, 0.29) is 35.6 Å². The highest BCUT2D eigenvalue weighted by atomic mass is 16.4. The van der Waals surface area contributed by atoms with Crippen molar-refractivity contribution in [1.29, 1.82) is 0 Å². The van der Waals surface area contributed by atoms with Crippen LogP contribution in [0.2, 0.25) is 0 Å². The zero-order valence-electron chi connectivity index (χ0n) is 24.3. The number of nitrogens with two attached hydrogens (primary N) is 1. The van der Waals surface area contributed by atoms with Crippen molar-refractivity contribution in [3.05, 3.63) is 52.1 Å². The summed E-state index contributed by atoms with van der Waals surface area (Å²) in [7, 11) is 0. The number of rotatable bonds is 16. The smallest absolute Gasteiger partial charge is 0.326 e. The molecule has 2 aromatic heterocycles. The van der Waals surface area contributed by atoms with Crippen molar-refractivity contribution in [3.63, 3.8) is 0 Å². The average molecular weight is 642 g/mol. The van der Waals surface area contributed by atoms with Crippen LogP contribution in [0.25, 0.3) is 11.2 Å². The Bertz CT molecular complexity index is 1690. The molecule has 3 amide bonds. The summed E-state index contributed by atoms with van der Waals surface area (Å²) < 4.78 is 0. The molecule has 19 nitrogen and oxygen atoms in total. The van der Waals surface area contributed by atoms with E-state index in [4.69, 9.17) is 15.9 Å². The summed E-state index contributed by atoms with van der Waals surface area (Å²) in [5.74, 6) is -6.66. The Morgan fingerprint density at radius 3 is 2.22 bits per heavy atom. The monoisotopic (exact) mass is 641 g/mol. The van der Waals surface area contributed by atoms with E-state index in [2.05, 4.69) is 41.2 Å². The first-order valence-corrected chi connectivity index (χ1v) is 13.6. The number of nitrogens with zero attached hydrogens (tertiary/aromatic N) is 3. The van der Waals surface area contributed by atoms with Crippen molar-refractivity contribution in [2.24, 2.45) is 0 Å². The van der Waals surface area contributed by atoms with Gasteiger partial charge in [-0.25, -0.2) is 14.8 Å². The van der Waals surface area contributed by atoms with Gasteiger partial charge in [0.1, 0.15) is 12.1 Å². The van der Waals surface area contributed by atoms with E-state index < -0.39 is 78.6 Å². The zero-order valence-corrected chi connectivity index (χ0v) is 24.3. The third kappa shape index (κ3) is 10.2. The van der Waals surface area contributed by atoms with Crippen LogP contribution in [-0.4, -0.2) is 89.0 Å². The molecule has 3 aromatic rings. The summed E-state index contributed by atoms with van der Waals surface area (Å²) in [6.07, 6.45) is -0.692. The molecule has 1 unspecified atom stereocenters. The van der Waals surface area contributed by atoms with Gasteiger partial charge in [-0.3, -0.25) is 33.8 Å². The van der Waals surface area contributed by atoms with Crippen molar-refractivity contribution in [2.45, 2.75) is 57.3 Å². The number of fused-ring (bicyclic) bond motifs is 1. The molecule has 2 heterocycles. The largest absolute Gasteiger partial charge is 0.481 e. The third-order valence-electron chi connectivity index (χ3n) is 6.27. The number of H-pyrrole nitrogens is 1. The van der Waals surface area contributed by atoms with Crippen molar-refractivity contribution >= 4 is 58.4 Å². The summed E-state index contributed by atoms with van der Waals surface area (Å²) in [5, 5.41) is 37.4. The standard InChI is InChI=1S/C27H31N9O10/c1-12(8-19(38)39)31-24(43)17(9-20(40)41)33-18(37)7-6-16(26(45)46)34-23(42)13-2-4-14(5-3-13)29-10-15-11-30-22-21(32-15)25(44)36-27(28)35-22/h2-5,11-12,16-17,29H,6-10H2,1H3,(H,31,43)(H,33,37)(H,34,42)(H,38,39)(H,40,41)(H,45,46)(H3,28,30,35,36,44)/t12-,16+,17?/m1/s1. The Balaban J connectivity index is 1.54. The first-order valence-electron chi connectivity index (χ1n) is 13.6. The van der Waals surface area contributed by atoms with E-state index in [1.54, 1.807) is 12.1 Å². The zero-order chi connectivity index (χ0) is 34.0. The number of hydrogen-bond acceptors (Lipinski definition) is 12. The molecule has 0 aliphatic rings. The second-order valence-electron chi connectivity index (χ2n) is 10.0. The SMILES string of the molecule is C[C@H](CC(=O)O)NC(=O)C(CC(=O)O)NC(=O)CC[C@H](NC(=O)c1ccc(NCc2cnc3nc(N)[nH]c(=O)c3n2)cc1)C(=O)O. The predicted molar refractivity (Wildman–Crippen MR) is 158 cm³/mol. The number of carboxylic acids is 3. The predicted octanol–water partition coefficient (Wildman–Crippen LogP) is -1.19. The molecule has 0 radical (unpaired) electrons. The van der Waals surface area contributed by atoms with Crippen molar-refractivity contribution in [2.75, 3.05) is 11.1 Å². The van der Waals surface area contributed by atoms with Gasteiger partial charge < -0.3 is 42.3 Å². The van der Waals surface area contributed by atoms with Gasteiger partial charge in [0, 0.05) is 23.7 Å². The van der Waals surface area contributed by atoms with Gasteiger partial charge >= 0.3 is 17.9 Å². The van der Waals surface area contributed by atoms with Crippen molar-refractivity contribution in [3.8, 4) is 0 Å². The number of nitrogen functional groups attached to an aromatic ring is 1. The Hall–Kier alpha value is -6.14. The first kappa shape index (κ1) is 34.4. The van der Waals surface area contributed by atoms with Gasteiger partial charge in [0.25, 0.3) is 11.5 Å². The van der Waals surface area contributed by atoms with E-state index in [1.165, 1.54) is 25.3 Å². The summed E-state index contributed by atoms with van der Waals surface area (Å²) in [6.45, 7) is 1.55. The molecule has 244 valence electrons. The van der Waals surface area contributed by atoms with Crippen molar-refractivity contribution in [1.82, 2.24) is 35.9 Å². The van der Waals surface area contributed by atoms with Gasteiger partial charge in [-0.05, 0) is 37.6 Å². The van der Waals surface area contributed by atoms with Gasteiger partial charge in [-0.15, -0.1) is 0 Å². The number of carbonyl (C=O) groups is 6. The number of carboxylic acid groups (broad SMARTS) is 3. The van der Waals surface area contributed by atoms with Crippen molar-refractivity contribution < 1.29 is 44.1 Å². The van der Waals surface area contributed by atoms with Crippen LogP contribution in [0.3, 0.4) is 0 Å². The van der Waals surface area contributed by atoms with Gasteiger partial charge in [0.2, 0.25) is 17.8 Å². The molecule has 0 spiro atoms. The molecule has 0 saturated carbocycles. The highest BCUT2D eigenvalue weighted by molar-refractivity contribution is 5.97. The van der Waals surface area contributed by atoms with Crippen LogP contribution in [-0.2, 0) is 30.5 Å². The maximum Gasteiger partial charge on any atom is 0.326 e. The normalized spacial score (nSPS) is 12.7. The molecule has 3 atom stereocenters. The average Bonchev–Trinajstić information content (AvgIpc) is 2.97. The van der Waals surface area contributed by atoms with Gasteiger partial charge in [0.15, 0.2) is 11.2 Å². The molecule has 19 heteroatoms. The Morgan fingerprint density at radius 2 is 1.59 bits per heavy atom. The van der Waals surface area contributed by atoms with Gasteiger partial charge in [0.05, 0.1) is 31.3 Å². The molecular formula is C27H31N9O10. The number of amides is 3. The van der Waals surface area contributed by atoms with Crippen LogP contribution in [0.5, 0.6) is 0 Å². The van der Waals surface area contributed by atoms with Crippen LogP contribution < -0.4 is 32.6 Å². The molecular weight excluding hydrogens is 610 g/mol. The van der Waals surface area contributed by atoms with Crippen LogP contribution in [0, 0.1) is 0 Å². The van der Waals surface area contributed by atoms with Crippen LogP contribution in [0.15, 0.2) is 35.3 Å². The third-order valence-corrected chi connectivity index (χ3v) is 6.27. The van der Waals surface area contributed by atoms with E-state index >= 15 is 0 Å². The minimum Gasteiger partial charge on any atom is -0.481 e. The Kier molecular flexibility index (Phi) is 11.6. The second kappa shape index (κ2) is 15.5. The topological polar surface area (TPSA) is 309 Å². The quantitative estimate of drug-likeness (QED) is 0.0888. The number of nitrogens with one attached hydrogen (secondary N) is 5. The maximum atomic E-state index is 12.7. The maximum absolute atomic E-state index is 12.7. The highest BCUT2D eigenvalue weighted by Gasteiger charge is 2.27. The molecule has 0 bridgehead atoms. The lowest BCUT2D eigenvalue weighted by atomic mass is 10.1. The number of benzene rings is 1. The van der Waals surface area contributed by atoms with Crippen LogP contribution in [0.4, 0.5) is 11.6 Å². The minimum atomic E-state index is -1.54. The number of aliphatic carboxylic acids is 3. The number of carbonyl (C=O) groups excluding carboxylic acids is 3. The Morgan fingerprint density at radius 1 is 0.913 bits per heavy atom. The first-order chi connectivity index (χ1) is 21.7. The summed E-state index contributed by atoms with van der Waals surface area (Å²) >= 11 is 0. The number of anilines is 2. The lowest BCUT2D eigenvalue weighted by Gasteiger charge is -2.20. The second-order valence-corrected chi connectivity index (χ2v) is 10.0. The lowest BCUT2D eigenvalue weighted by Crippen LogP contribution is -2.50. The summed E-state index contributed by atoms with van der Waals surface area (Å²) in [4.78, 5) is 97.9. The van der Waals surface area contributed by atoms with Gasteiger partial charge in [-0.2, -0.15) is 4.98 Å². The molecule has 3 rings (SSSR count). The highest BCUT2D eigenvalue weighted by Crippen LogP contribution is 2.12. The molecule has 0 fully saturated rings. The Labute approximate surface area is 259 Å². The van der Waals surface area contributed by atoms with E-state index in [1.807, 2.05) is 0 Å². The summed E-state index contributed by atoms with van der Waals surface area (Å²) in [6, 6.07) is 2.05. The molecule has 0 aliphatic carbocycles. The van der Waals surface area contributed by atoms with Crippen LogP contribution in [0.1, 0.15) is 48.7 Å². The van der Waals surface area contributed by atoms with E-state index in [9.17, 15) is 38.7 Å². The fourth-order valence-electron chi connectivity index (χ4n) is 4.07. The summed E-state index contributed by atoms with van der Waals surface area (Å²) in [5.41, 5.74) is 6.15. The van der Waals surface area contributed by atoms with Crippen LogP contribution >= 0.6 is 0 Å². The molecule has 10 N–H and O–H groups in total. The molecule has 0 aliphatic heterocycles. The number of hydrogen-bond donors (Lipinski definition) is 9. The number of aromatic nitrogens is 4. The molecule has 0 saturated heterocycles. The molecule has 46 heavy (non-hydrogen) atoms. The number of aromatic amines is 1. The fraction of sp³-hybridized carbons (Fsp3) is 0.333. The molecule has 1 aromatic carbocycles. The minimum absolute atomic E-state index is 0.0131. The lowest BCUT2D eigenvalue weighted by molar-refractivity contribution is -0.142. The van der Waals surface area contributed by atoms with Gasteiger partial charge in [-0.1, -0.05) is 0 Å².